The second-order valence-electron chi connectivity index (χ2n) is 10.3. The van der Waals surface area contributed by atoms with Crippen molar-refractivity contribution < 1.29 is 22.4 Å². The quantitative estimate of drug-likeness (QED) is 0.325. The fourth-order valence-corrected chi connectivity index (χ4v) is 5.70. The number of nitrogens with one attached hydrogen (secondary N) is 1. The average molecular weight is 568 g/mol. The lowest BCUT2D eigenvalue weighted by Gasteiger charge is -2.33. The number of nitrogens with zero attached hydrogens (tertiary/aromatic N) is 2. The topological polar surface area (TPSA) is 86.8 Å². The van der Waals surface area contributed by atoms with E-state index in [2.05, 4.69) is 5.32 Å². The van der Waals surface area contributed by atoms with Crippen molar-refractivity contribution in [1.82, 2.24) is 10.2 Å². The summed E-state index contributed by atoms with van der Waals surface area (Å²) in [5.41, 5.74) is 3.01. The number of carbonyl (C=O) groups is 2. The molecular weight excluding hydrogens is 529 g/mol. The van der Waals surface area contributed by atoms with Gasteiger partial charge in [-0.25, -0.2) is 12.8 Å². The van der Waals surface area contributed by atoms with Crippen LogP contribution in [-0.2, 0) is 26.2 Å². The van der Waals surface area contributed by atoms with Gasteiger partial charge in [0, 0.05) is 13.1 Å². The van der Waals surface area contributed by atoms with E-state index in [1.165, 1.54) is 17.0 Å². The summed E-state index contributed by atoms with van der Waals surface area (Å²) in [4.78, 5) is 28.6. The first kappa shape index (κ1) is 30.8. The van der Waals surface area contributed by atoms with Crippen LogP contribution in [0.2, 0.25) is 0 Å². The molecule has 3 aromatic rings. The van der Waals surface area contributed by atoms with Gasteiger partial charge in [0.15, 0.2) is 0 Å². The largest absolute Gasteiger partial charge is 0.354 e. The summed E-state index contributed by atoms with van der Waals surface area (Å²) in [7, 11) is -4.25. The van der Waals surface area contributed by atoms with Crippen molar-refractivity contribution in [2.75, 3.05) is 17.4 Å². The van der Waals surface area contributed by atoms with Crippen LogP contribution < -0.4 is 9.62 Å². The van der Waals surface area contributed by atoms with Crippen molar-refractivity contribution in [2.24, 2.45) is 5.92 Å². The molecule has 9 heteroatoms. The van der Waals surface area contributed by atoms with E-state index in [1.807, 2.05) is 58.9 Å². The maximum atomic E-state index is 14.1. The van der Waals surface area contributed by atoms with Crippen LogP contribution >= 0.6 is 0 Å². The minimum atomic E-state index is -4.25. The molecule has 1 atom stereocenters. The average Bonchev–Trinajstić information content (AvgIpc) is 2.92. The van der Waals surface area contributed by atoms with Crippen LogP contribution in [0, 0.1) is 25.6 Å². The lowest BCUT2D eigenvalue weighted by molar-refractivity contribution is -0.140. The van der Waals surface area contributed by atoms with Crippen LogP contribution in [0.1, 0.15) is 43.9 Å². The zero-order valence-corrected chi connectivity index (χ0v) is 24.5. The molecule has 0 saturated carbocycles. The standard InChI is InChI=1S/C31H38FN3O4S/c1-6-29(31(37)33-19-22(2)3)34(20-25-10-8-7-9-24(25)5)30(36)21-35(27-15-11-23(4)12-16-27)40(38,39)28-17-13-26(32)14-18-28/h7-18,22,29H,6,19-21H2,1-5H3,(H,33,37)/t29-/m1/s1. The van der Waals surface area contributed by atoms with E-state index in [1.54, 1.807) is 24.3 Å². The Morgan fingerprint density at radius 3 is 2.12 bits per heavy atom. The van der Waals surface area contributed by atoms with E-state index in [0.717, 1.165) is 33.1 Å². The molecule has 40 heavy (non-hydrogen) atoms. The number of aryl methyl sites for hydroxylation is 2. The van der Waals surface area contributed by atoms with E-state index in [-0.39, 0.29) is 29.0 Å². The lowest BCUT2D eigenvalue weighted by Crippen LogP contribution is -2.52. The predicted molar refractivity (Wildman–Crippen MR) is 156 cm³/mol. The summed E-state index contributed by atoms with van der Waals surface area (Å²) in [6, 6.07) is 18.0. The number of anilines is 1. The lowest BCUT2D eigenvalue weighted by atomic mass is 10.1. The maximum Gasteiger partial charge on any atom is 0.264 e. The molecule has 0 aliphatic carbocycles. The molecule has 0 unspecified atom stereocenters. The highest BCUT2D eigenvalue weighted by Crippen LogP contribution is 2.26. The summed E-state index contributed by atoms with van der Waals surface area (Å²) in [5, 5.41) is 2.92. The third kappa shape index (κ3) is 7.69. The van der Waals surface area contributed by atoms with Crippen LogP contribution in [0.25, 0.3) is 0 Å². The Morgan fingerprint density at radius 2 is 1.55 bits per heavy atom. The molecule has 0 aliphatic rings. The summed E-state index contributed by atoms with van der Waals surface area (Å²) in [6.45, 7) is 9.64. The molecule has 2 amide bonds. The second-order valence-corrected chi connectivity index (χ2v) is 12.2. The first-order valence-corrected chi connectivity index (χ1v) is 14.8. The highest BCUT2D eigenvalue weighted by molar-refractivity contribution is 7.92. The van der Waals surface area contributed by atoms with Gasteiger partial charge in [0.2, 0.25) is 11.8 Å². The van der Waals surface area contributed by atoms with Crippen LogP contribution in [0.3, 0.4) is 0 Å². The molecule has 0 radical (unpaired) electrons. The van der Waals surface area contributed by atoms with Gasteiger partial charge in [-0.2, -0.15) is 0 Å². The number of halogens is 1. The zero-order valence-electron chi connectivity index (χ0n) is 23.7. The summed E-state index contributed by atoms with van der Waals surface area (Å²) in [6.07, 6.45) is 0.344. The van der Waals surface area contributed by atoms with Crippen LogP contribution in [-0.4, -0.2) is 44.3 Å². The normalized spacial score (nSPS) is 12.2. The summed E-state index contributed by atoms with van der Waals surface area (Å²) < 4.78 is 42.2. The Hall–Kier alpha value is -3.72. The molecular formula is C31H38FN3O4S. The van der Waals surface area contributed by atoms with Gasteiger partial charge in [0.25, 0.3) is 10.0 Å². The van der Waals surface area contributed by atoms with E-state index in [9.17, 15) is 22.4 Å². The third-order valence-corrected chi connectivity index (χ3v) is 8.46. The molecule has 214 valence electrons. The Morgan fingerprint density at radius 1 is 0.925 bits per heavy atom. The molecule has 7 nitrogen and oxygen atoms in total. The Bertz CT molecular complexity index is 1410. The summed E-state index contributed by atoms with van der Waals surface area (Å²) >= 11 is 0. The Kier molecular flexibility index (Phi) is 10.5. The minimum absolute atomic E-state index is 0.136. The fraction of sp³-hybridized carbons (Fsp3) is 0.355. The molecule has 3 aromatic carbocycles. The molecule has 0 spiro atoms. The molecule has 0 heterocycles. The Labute approximate surface area is 237 Å². The first-order valence-electron chi connectivity index (χ1n) is 13.4. The van der Waals surface area contributed by atoms with E-state index < -0.39 is 34.3 Å². The summed E-state index contributed by atoms with van der Waals surface area (Å²) in [5.74, 6) is -1.16. The predicted octanol–water partition coefficient (Wildman–Crippen LogP) is 5.22. The van der Waals surface area contributed by atoms with E-state index >= 15 is 0 Å². The van der Waals surface area contributed by atoms with E-state index in [0.29, 0.717) is 13.0 Å². The van der Waals surface area contributed by atoms with Gasteiger partial charge >= 0.3 is 0 Å². The molecule has 0 aliphatic heterocycles. The molecule has 1 N–H and O–H groups in total. The molecule has 3 rings (SSSR count). The number of hydrogen-bond acceptors (Lipinski definition) is 4. The van der Waals surface area contributed by atoms with Crippen LogP contribution in [0.5, 0.6) is 0 Å². The van der Waals surface area contributed by atoms with Crippen LogP contribution in [0.4, 0.5) is 10.1 Å². The fourth-order valence-electron chi connectivity index (χ4n) is 4.29. The first-order chi connectivity index (χ1) is 18.9. The van der Waals surface area contributed by atoms with Crippen molar-refractivity contribution >= 4 is 27.5 Å². The molecule has 0 saturated heterocycles. The van der Waals surface area contributed by atoms with Crippen molar-refractivity contribution in [2.45, 2.75) is 58.5 Å². The zero-order chi connectivity index (χ0) is 29.4. The smallest absolute Gasteiger partial charge is 0.264 e. The third-order valence-electron chi connectivity index (χ3n) is 6.67. The highest BCUT2D eigenvalue weighted by Gasteiger charge is 2.33. The second kappa shape index (κ2) is 13.6. The minimum Gasteiger partial charge on any atom is -0.354 e. The molecule has 0 fully saturated rings. The van der Waals surface area contributed by atoms with Crippen LogP contribution in [0.15, 0.2) is 77.7 Å². The van der Waals surface area contributed by atoms with Gasteiger partial charge < -0.3 is 10.2 Å². The van der Waals surface area contributed by atoms with Crippen molar-refractivity contribution in [3.8, 4) is 0 Å². The number of carbonyl (C=O) groups excluding carboxylic acids is 2. The Balaban J connectivity index is 2.05. The number of hydrogen-bond donors (Lipinski definition) is 1. The van der Waals surface area contributed by atoms with Gasteiger partial charge in [0.05, 0.1) is 10.6 Å². The van der Waals surface area contributed by atoms with Crippen molar-refractivity contribution in [1.29, 1.82) is 0 Å². The van der Waals surface area contributed by atoms with Crippen molar-refractivity contribution in [3.63, 3.8) is 0 Å². The van der Waals surface area contributed by atoms with Gasteiger partial charge in [-0.05, 0) is 73.7 Å². The van der Waals surface area contributed by atoms with Gasteiger partial charge in [0.1, 0.15) is 18.4 Å². The van der Waals surface area contributed by atoms with Crippen molar-refractivity contribution in [3.05, 3.63) is 95.3 Å². The maximum absolute atomic E-state index is 14.1. The number of sulfonamides is 1. The number of amides is 2. The number of benzene rings is 3. The highest BCUT2D eigenvalue weighted by atomic mass is 32.2. The molecule has 0 bridgehead atoms. The van der Waals surface area contributed by atoms with E-state index in [4.69, 9.17) is 0 Å². The van der Waals surface area contributed by atoms with Gasteiger partial charge in [-0.3, -0.25) is 13.9 Å². The van der Waals surface area contributed by atoms with Gasteiger partial charge in [-0.15, -0.1) is 0 Å². The SMILES string of the molecule is CC[C@H](C(=O)NCC(C)C)N(Cc1ccccc1C)C(=O)CN(c1ccc(C)cc1)S(=O)(=O)c1ccc(F)cc1. The monoisotopic (exact) mass is 567 g/mol. The number of rotatable bonds is 12. The molecule has 0 aromatic heterocycles. The van der Waals surface area contributed by atoms with Gasteiger partial charge in [-0.1, -0.05) is 62.7 Å².